The summed E-state index contributed by atoms with van der Waals surface area (Å²) in [6.45, 7) is 0. The van der Waals surface area contributed by atoms with E-state index in [1.165, 1.54) is 0 Å². The lowest BCUT2D eigenvalue weighted by atomic mass is 10.2. The highest BCUT2D eigenvalue weighted by Crippen LogP contribution is 2.32. The van der Waals surface area contributed by atoms with Gasteiger partial charge in [0.1, 0.15) is 16.8 Å². The van der Waals surface area contributed by atoms with Crippen molar-refractivity contribution in [2.24, 2.45) is 0 Å². The van der Waals surface area contributed by atoms with E-state index in [9.17, 15) is 17.6 Å². The Kier molecular flexibility index (Phi) is 5.61. The topological polar surface area (TPSA) is 101 Å². The minimum Gasteiger partial charge on any atom is -0.438 e. The zero-order chi connectivity index (χ0) is 24.5. The van der Waals surface area contributed by atoms with E-state index >= 15 is 0 Å². The van der Waals surface area contributed by atoms with Crippen LogP contribution in [-0.2, 0) is 0 Å². The maximum Gasteiger partial charge on any atom is 0.228 e. The Hall–Kier alpha value is -4.74. The van der Waals surface area contributed by atoms with Crippen LogP contribution < -0.4 is 15.4 Å². The van der Waals surface area contributed by atoms with Crippen molar-refractivity contribution >= 4 is 28.6 Å². The molecule has 0 spiro atoms. The highest BCUT2D eigenvalue weighted by atomic mass is 19.2. The highest BCUT2D eigenvalue weighted by molar-refractivity contribution is 5.80. The van der Waals surface area contributed by atoms with Crippen LogP contribution in [0.3, 0.4) is 0 Å². The molecule has 0 aliphatic carbocycles. The molecule has 2 aromatic carbocycles. The fraction of sp³-hybridized carbons (Fsp3) is 0.0435. The summed E-state index contributed by atoms with van der Waals surface area (Å²) >= 11 is 0. The number of nitrogens with zero attached hydrogens (tertiary/aromatic N) is 4. The van der Waals surface area contributed by atoms with Crippen molar-refractivity contribution in [1.29, 1.82) is 0 Å². The zero-order valence-electron chi connectivity index (χ0n) is 17.9. The third-order valence-electron chi connectivity index (χ3n) is 4.97. The van der Waals surface area contributed by atoms with Crippen LogP contribution in [0.25, 0.3) is 22.3 Å². The van der Waals surface area contributed by atoms with Gasteiger partial charge in [0.25, 0.3) is 0 Å². The number of anilines is 3. The number of hydrogen-bond donors (Lipinski definition) is 3. The van der Waals surface area contributed by atoms with Crippen LogP contribution in [0.15, 0.2) is 54.9 Å². The number of rotatable bonds is 6. The highest BCUT2D eigenvalue weighted by Gasteiger charge is 2.23. The van der Waals surface area contributed by atoms with Gasteiger partial charge >= 0.3 is 0 Å². The Morgan fingerprint density at radius 3 is 2.37 bits per heavy atom. The molecule has 0 atom stereocenters. The molecular weight excluding hydrogens is 466 g/mol. The number of H-pyrrole nitrogens is 1. The predicted octanol–water partition coefficient (Wildman–Crippen LogP) is 5.55. The van der Waals surface area contributed by atoms with E-state index in [4.69, 9.17) is 4.74 Å². The van der Waals surface area contributed by atoms with E-state index in [2.05, 4.69) is 35.6 Å². The molecule has 3 heterocycles. The number of hydrogen-bond acceptors (Lipinski definition) is 7. The van der Waals surface area contributed by atoms with E-state index in [0.29, 0.717) is 34.5 Å². The molecule has 0 radical (unpaired) electrons. The first-order valence-corrected chi connectivity index (χ1v) is 10.2. The Balaban J connectivity index is 1.37. The summed E-state index contributed by atoms with van der Waals surface area (Å²) in [7, 11) is 1.71. The van der Waals surface area contributed by atoms with Gasteiger partial charge in [-0.05, 0) is 42.5 Å². The minimum absolute atomic E-state index is 0.104. The lowest BCUT2D eigenvalue weighted by molar-refractivity contribution is 0.417. The van der Waals surface area contributed by atoms with Gasteiger partial charge < -0.3 is 20.4 Å². The molecule has 0 aliphatic rings. The smallest absolute Gasteiger partial charge is 0.228 e. The number of ether oxygens (including phenoxy) is 1. The molecule has 12 heteroatoms. The maximum atomic E-state index is 13.9. The molecular formula is C23H15F4N7O. The average molecular weight is 481 g/mol. The molecule has 0 saturated heterocycles. The molecule has 8 nitrogen and oxygen atoms in total. The van der Waals surface area contributed by atoms with Crippen LogP contribution >= 0.6 is 0 Å². The molecule has 0 fully saturated rings. The van der Waals surface area contributed by atoms with Crippen molar-refractivity contribution < 1.29 is 22.3 Å². The second-order valence-corrected chi connectivity index (χ2v) is 7.19. The lowest BCUT2D eigenvalue weighted by Gasteiger charge is -2.11. The predicted molar refractivity (Wildman–Crippen MR) is 121 cm³/mol. The molecule has 0 amide bonds. The van der Waals surface area contributed by atoms with Gasteiger partial charge in [0.15, 0.2) is 23.3 Å². The van der Waals surface area contributed by atoms with Gasteiger partial charge in [0.2, 0.25) is 17.8 Å². The van der Waals surface area contributed by atoms with Crippen LogP contribution in [0.2, 0.25) is 0 Å². The molecule has 0 aliphatic heterocycles. The Morgan fingerprint density at radius 2 is 1.60 bits per heavy atom. The van der Waals surface area contributed by atoms with Crippen LogP contribution in [-0.4, -0.2) is 32.0 Å². The molecule has 35 heavy (non-hydrogen) atoms. The van der Waals surface area contributed by atoms with Crippen LogP contribution in [0.5, 0.6) is 11.6 Å². The van der Waals surface area contributed by atoms with Gasteiger partial charge in [-0.1, -0.05) is 0 Å². The SMILES string of the molecule is CNc1nccc(-c2cccnc2Oc2ccc(Nc3nc4c(F)c(F)c(F)c(F)c4[nH]3)cc2)n1. The van der Waals surface area contributed by atoms with Gasteiger partial charge in [-0.2, -0.15) is 0 Å². The normalized spacial score (nSPS) is 11.0. The van der Waals surface area contributed by atoms with Gasteiger partial charge in [-0.3, -0.25) is 0 Å². The van der Waals surface area contributed by atoms with Gasteiger partial charge in [0, 0.05) is 25.1 Å². The number of aromatic amines is 1. The second-order valence-electron chi connectivity index (χ2n) is 7.19. The zero-order valence-corrected chi connectivity index (χ0v) is 17.9. The first-order chi connectivity index (χ1) is 16.9. The molecule has 0 bridgehead atoms. The number of imidazole rings is 1. The maximum absolute atomic E-state index is 13.9. The number of benzene rings is 2. The molecule has 3 aromatic heterocycles. The van der Waals surface area contributed by atoms with Crippen LogP contribution in [0, 0.1) is 23.3 Å². The monoisotopic (exact) mass is 481 g/mol. The number of halogens is 4. The minimum atomic E-state index is -1.92. The molecule has 3 N–H and O–H groups in total. The van der Waals surface area contributed by atoms with E-state index in [0.717, 1.165) is 0 Å². The Labute approximate surface area is 195 Å². The molecule has 0 unspecified atom stereocenters. The van der Waals surface area contributed by atoms with Gasteiger partial charge in [-0.15, -0.1) is 0 Å². The summed E-state index contributed by atoms with van der Waals surface area (Å²) in [5.74, 6) is -5.86. The lowest BCUT2D eigenvalue weighted by Crippen LogP contribution is -1.98. The standard InChI is InChI=1S/C23H15F4N7O/c1-28-22-30-10-8-14(32-22)13-3-2-9-29-21(13)35-12-6-4-11(5-7-12)31-23-33-19-17(26)15(24)16(25)18(27)20(19)34-23/h2-10H,1H3,(H,28,30,32)(H2,31,33,34). The number of nitrogens with one attached hydrogen (secondary N) is 3. The number of fused-ring (bicyclic) bond motifs is 1. The first kappa shape index (κ1) is 22.1. The molecule has 0 saturated carbocycles. The van der Waals surface area contributed by atoms with E-state index in [-0.39, 0.29) is 5.95 Å². The van der Waals surface area contributed by atoms with Crippen LogP contribution in [0.1, 0.15) is 0 Å². The summed E-state index contributed by atoms with van der Waals surface area (Å²) in [6, 6.07) is 11.8. The Bertz CT molecular complexity index is 1490. The fourth-order valence-electron chi connectivity index (χ4n) is 3.31. The summed E-state index contributed by atoms with van der Waals surface area (Å²) in [5.41, 5.74) is 0.492. The molecule has 176 valence electrons. The quantitative estimate of drug-likeness (QED) is 0.166. The average Bonchev–Trinajstić information content (AvgIpc) is 3.32. The summed E-state index contributed by atoms with van der Waals surface area (Å²) in [6.07, 6.45) is 3.20. The van der Waals surface area contributed by atoms with Crippen LogP contribution in [0.4, 0.5) is 35.1 Å². The van der Waals surface area contributed by atoms with E-state index < -0.39 is 34.3 Å². The number of aromatic nitrogens is 5. The van der Waals surface area contributed by atoms with Crippen molar-refractivity contribution in [2.45, 2.75) is 0 Å². The third-order valence-corrected chi connectivity index (χ3v) is 4.97. The Morgan fingerprint density at radius 1 is 0.829 bits per heavy atom. The largest absolute Gasteiger partial charge is 0.438 e. The van der Waals surface area contributed by atoms with Gasteiger partial charge in [0.05, 0.1) is 11.3 Å². The number of pyridine rings is 1. The summed E-state index contributed by atoms with van der Waals surface area (Å²) in [4.78, 5) is 19.0. The van der Waals surface area contributed by atoms with Crippen molar-refractivity contribution in [2.75, 3.05) is 17.7 Å². The van der Waals surface area contributed by atoms with Crippen molar-refractivity contribution in [3.63, 3.8) is 0 Å². The molecule has 5 aromatic rings. The third kappa shape index (κ3) is 4.16. The van der Waals surface area contributed by atoms with E-state index in [1.807, 2.05) is 6.07 Å². The summed E-state index contributed by atoms with van der Waals surface area (Å²) in [5, 5.41) is 5.66. The first-order valence-electron chi connectivity index (χ1n) is 10.2. The van der Waals surface area contributed by atoms with Gasteiger partial charge in [-0.25, -0.2) is 37.5 Å². The molecule has 5 rings (SSSR count). The van der Waals surface area contributed by atoms with Crippen molar-refractivity contribution in [3.05, 3.63) is 78.1 Å². The summed E-state index contributed by atoms with van der Waals surface area (Å²) < 4.78 is 60.7. The fourth-order valence-corrected chi connectivity index (χ4v) is 3.31. The van der Waals surface area contributed by atoms with Crippen molar-refractivity contribution in [1.82, 2.24) is 24.9 Å². The van der Waals surface area contributed by atoms with Crippen molar-refractivity contribution in [3.8, 4) is 22.9 Å². The van der Waals surface area contributed by atoms with E-state index in [1.54, 1.807) is 55.8 Å². The second kappa shape index (κ2) is 8.89.